The van der Waals surface area contributed by atoms with E-state index in [1.807, 2.05) is 6.07 Å². The molecule has 0 bridgehead atoms. The largest absolute Gasteiger partial charge is 0.219 e. The van der Waals surface area contributed by atoms with E-state index in [-0.39, 0.29) is 0 Å². The van der Waals surface area contributed by atoms with E-state index in [4.69, 9.17) is 0 Å². The second-order valence-corrected chi connectivity index (χ2v) is 4.98. The monoisotopic (exact) mass is 275 g/mol. The smallest absolute Gasteiger partial charge is 0.160 e. The van der Waals surface area contributed by atoms with Crippen LogP contribution in [0.15, 0.2) is 91.0 Å². The van der Waals surface area contributed by atoms with Gasteiger partial charge in [0.25, 0.3) is 0 Å². The highest BCUT2D eigenvalue weighted by Gasteiger charge is 2.21. The molecule has 0 aliphatic heterocycles. The SMILES string of the molecule is CN(c1ccccc1)[NH+](c1ccccc1)c1ccccc1. The van der Waals surface area contributed by atoms with E-state index in [0.29, 0.717) is 0 Å². The second kappa shape index (κ2) is 6.25. The van der Waals surface area contributed by atoms with Gasteiger partial charge in [-0.3, -0.25) is 0 Å². The quantitative estimate of drug-likeness (QED) is 0.715. The summed E-state index contributed by atoms with van der Waals surface area (Å²) in [4.78, 5) is 0. The molecule has 0 saturated carbocycles. The van der Waals surface area contributed by atoms with Gasteiger partial charge in [-0.05, 0) is 12.1 Å². The van der Waals surface area contributed by atoms with E-state index >= 15 is 0 Å². The van der Waals surface area contributed by atoms with Gasteiger partial charge >= 0.3 is 0 Å². The number of nitrogens with one attached hydrogen (secondary N) is 1. The lowest BCUT2D eigenvalue weighted by atomic mass is 10.2. The Labute approximate surface area is 125 Å². The Morgan fingerprint density at radius 1 is 0.571 bits per heavy atom. The van der Waals surface area contributed by atoms with Gasteiger partial charge in [0.2, 0.25) is 0 Å². The van der Waals surface area contributed by atoms with Crippen LogP contribution in [-0.2, 0) is 0 Å². The fourth-order valence-corrected chi connectivity index (χ4v) is 2.53. The standard InChI is InChI=1S/C19H18N2/c1-20(17-11-5-2-6-12-17)21(18-13-7-3-8-14-18)19-15-9-4-10-16-19/h2-16H,1H3/p+1. The fourth-order valence-electron chi connectivity index (χ4n) is 2.53. The van der Waals surface area contributed by atoms with Crippen LogP contribution in [0.1, 0.15) is 0 Å². The van der Waals surface area contributed by atoms with Gasteiger partial charge < -0.3 is 0 Å². The highest BCUT2D eigenvalue weighted by Crippen LogP contribution is 2.13. The number of benzene rings is 3. The zero-order valence-electron chi connectivity index (χ0n) is 12.1. The zero-order valence-corrected chi connectivity index (χ0v) is 12.1. The Morgan fingerprint density at radius 2 is 0.952 bits per heavy atom. The number of hydrogen-bond donors (Lipinski definition) is 1. The Hall–Kier alpha value is -2.58. The van der Waals surface area contributed by atoms with E-state index < -0.39 is 0 Å². The second-order valence-electron chi connectivity index (χ2n) is 4.98. The van der Waals surface area contributed by atoms with Crippen molar-refractivity contribution in [1.82, 2.24) is 0 Å². The predicted octanol–water partition coefficient (Wildman–Crippen LogP) is 3.59. The van der Waals surface area contributed by atoms with Crippen molar-refractivity contribution in [1.29, 1.82) is 0 Å². The Balaban J connectivity index is 2.05. The maximum Gasteiger partial charge on any atom is 0.160 e. The first kappa shape index (κ1) is 13.4. The lowest BCUT2D eigenvalue weighted by Crippen LogP contribution is -3.09. The summed E-state index contributed by atoms with van der Waals surface area (Å²) in [5, 5.41) is 3.45. The first-order valence-electron chi connectivity index (χ1n) is 7.13. The number of anilines is 1. The molecule has 1 N–H and O–H groups in total. The van der Waals surface area contributed by atoms with Gasteiger partial charge in [0.05, 0.1) is 12.7 Å². The number of rotatable bonds is 4. The minimum atomic E-state index is 1.18. The van der Waals surface area contributed by atoms with Crippen LogP contribution in [0.3, 0.4) is 0 Å². The van der Waals surface area contributed by atoms with Crippen LogP contribution in [0.2, 0.25) is 0 Å². The molecule has 21 heavy (non-hydrogen) atoms. The van der Waals surface area contributed by atoms with Gasteiger partial charge in [-0.1, -0.05) is 54.6 Å². The van der Waals surface area contributed by atoms with Crippen molar-refractivity contribution in [3.63, 3.8) is 0 Å². The van der Waals surface area contributed by atoms with Gasteiger partial charge in [0, 0.05) is 24.3 Å². The summed E-state index contributed by atoms with van der Waals surface area (Å²) in [6.45, 7) is 0. The van der Waals surface area contributed by atoms with Crippen molar-refractivity contribution >= 4 is 17.1 Å². The van der Waals surface area contributed by atoms with Crippen LogP contribution < -0.4 is 10.0 Å². The number of para-hydroxylation sites is 3. The minimum absolute atomic E-state index is 1.18. The molecule has 0 amide bonds. The molecule has 0 unspecified atom stereocenters. The Morgan fingerprint density at radius 3 is 1.38 bits per heavy atom. The van der Waals surface area contributed by atoms with Crippen molar-refractivity contribution in [3.05, 3.63) is 91.0 Å². The lowest BCUT2D eigenvalue weighted by molar-refractivity contribution is -0.768. The van der Waals surface area contributed by atoms with Crippen LogP contribution in [0, 0.1) is 0 Å². The molecule has 0 aliphatic rings. The Kier molecular flexibility index (Phi) is 3.99. The first-order valence-corrected chi connectivity index (χ1v) is 7.13. The highest BCUT2D eigenvalue weighted by atomic mass is 15.6. The van der Waals surface area contributed by atoms with E-state index in [0.717, 1.165) is 0 Å². The van der Waals surface area contributed by atoms with Gasteiger partial charge in [0.1, 0.15) is 0 Å². The highest BCUT2D eigenvalue weighted by molar-refractivity contribution is 5.46. The lowest BCUT2D eigenvalue weighted by Gasteiger charge is -2.28. The molecule has 0 aromatic heterocycles. The van der Waals surface area contributed by atoms with Crippen LogP contribution in [0.5, 0.6) is 0 Å². The molecule has 2 nitrogen and oxygen atoms in total. The Bertz CT molecular complexity index is 626. The molecule has 0 spiro atoms. The third-order valence-electron chi connectivity index (χ3n) is 3.57. The van der Waals surface area contributed by atoms with Gasteiger partial charge in [-0.2, -0.15) is 5.01 Å². The molecule has 0 radical (unpaired) electrons. The van der Waals surface area contributed by atoms with Gasteiger partial charge in [0.15, 0.2) is 11.4 Å². The van der Waals surface area contributed by atoms with Gasteiger partial charge in [-0.15, -0.1) is 0 Å². The van der Waals surface area contributed by atoms with E-state index in [9.17, 15) is 0 Å². The van der Waals surface area contributed by atoms with Crippen LogP contribution in [0.25, 0.3) is 0 Å². The van der Waals surface area contributed by atoms with Crippen molar-refractivity contribution in [2.24, 2.45) is 0 Å². The molecular weight excluding hydrogens is 256 g/mol. The summed E-state index contributed by atoms with van der Waals surface area (Å²) in [5.41, 5.74) is 3.62. The third kappa shape index (κ3) is 2.96. The van der Waals surface area contributed by atoms with Crippen LogP contribution >= 0.6 is 0 Å². The predicted molar refractivity (Wildman–Crippen MR) is 88.0 cm³/mol. The average Bonchev–Trinajstić information content (AvgIpc) is 2.58. The van der Waals surface area contributed by atoms with Crippen molar-refractivity contribution in [2.75, 3.05) is 12.1 Å². The molecule has 0 fully saturated rings. The van der Waals surface area contributed by atoms with Gasteiger partial charge in [-0.25, -0.2) is 5.01 Å². The summed E-state index contributed by atoms with van der Waals surface area (Å²) in [7, 11) is 2.12. The fraction of sp³-hybridized carbons (Fsp3) is 0.0526. The number of hydrogen-bond acceptors (Lipinski definition) is 1. The minimum Gasteiger partial charge on any atom is -0.219 e. The average molecular weight is 275 g/mol. The molecular formula is C19H19N2+. The summed E-state index contributed by atoms with van der Waals surface area (Å²) >= 11 is 0. The van der Waals surface area contributed by atoms with Crippen molar-refractivity contribution in [3.8, 4) is 0 Å². The summed E-state index contributed by atoms with van der Waals surface area (Å²) in [5.74, 6) is 0. The molecule has 3 aromatic rings. The van der Waals surface area contributed by atoms with E-state index in [1.54, 1.807) is 0 Å². The topological polar surface area (TPSA) is 7.68 Å². The molecule has 0 saturated heterocycles. The molecule has 104 valence electrons. The van der Waals surface area contributed by atoms with Crippen LogP contribution in [0.4, 0.5) is 17.1 Å². The molecule has 0 heterocycles. The zero-order chi connectivity index (χ0) is 14.5. The van der Waals surface area contributed by atoms with E-state index in [1.165, 1.54) is 22.1 Å². The van der Waals surface area contributed by atoms with Crippen LogP contribution in [-0.4, -0.2) is 7.05 Å². The number of nitrogens with zero attached hydrogens (tertiary/aromatic N) is 1. The molecule has 0 aliphatic carbocycles. The van der Waals surface area contributed by atoms with Crippen molar-refractivity contribution in [2.45, 2.75) is 0 Å². The summed E-state index contributed by atoms with van der Waals surface area (Å²) in [6, 6.07) is 31.5. The maximum absolute atomic E-state index is 2.24. The molecule has 3 rings (SSSR count). The third-order valence-corrected chi connectivity index (χ3v) is 3.57. The first-order chi connectivity index (χ1) is 10.4. The summed E-state index contributed by atoms with van der Waals surface area (Å²) in [6.07, 6.45) is 0. The molecule has 2 heteroatoms. The van der Waals surface area contributed by atoms with Crippen molar-refractivity contribution < 1.29 is 5.01 Å². The number of quaternary nitrogens is 1. The summed E-state index contributed by atoms with van der Waals surface area (Å²) < 4.78 is 0. The molecule has 0 atom stereocenters. The molecule has 3 aromatic carbocycles. The maximum atomic E-state index is 2.24. The van der Waals surface area contributed by atoms with E-state index in [2.05, 4.69) is 97.0 Å². The normalized spacial score (nSPS) is 10.6.